The molecule has 0 radical (unpaired) electrons. The van der Waals surface area contributed by atoms with Crippen LogP contribution in [0.4, 0.5) is 0 Å². The summed E-state index contributed by atoms with van der Waals surface area (Å²) in [5.74, 6) is 0.705. The highest BCUT2D eigenvalue weighted by Gasteiger charge is 2.35. The van der Waals surface area contributed by atoms with Crippen LogP contribution in [0.25, 0.3) is 99.6 Å². The Morgan fingerprint density at radius 3 is 1.47 bits per heavy atom. The average molecular weight is 727 g/mol. The van der Waals surface area contributed by atoms with Crippen LogP contribution in [0.15, 0.2) is 194 Å². The topological polar surface area (TPSA) is 25.8 Å². The molecule has 0 saturated heterocycles. The smallest absolute Gasteiger partial charge is 0.160 e. The maximum atomic E-state index is 5.36. The molecule has 1 heterocycles. The van der Waals surface area contributed by atoms with Crippen LogP contribution in [0.2, 0.25) is 0 Å². The molecule has 9 aromatic carbocycles. The fraction of sp³-hybridized carbons (Fsp3) is 0.0545. The Balaban J connectivity index is 1.08. The summed E-state index contributed by atoms with van der Waals surface area (Å²) in [4.78, 5) is 10.7. The first-order valence-corrected chi connectivity index (χ1v) is 19.7. The van der Waals surface area contributed by atoms with Gasteiger partial charge in [0.15, 0.2) is 5.82 Å². The summed E-state index contributed by atoms with van der Waals surface area (Å²) in [6.07, 6.45) is 0. The van der Waals surface area contributed by atoms with Gasteiger partial charge in [0.25, 0.3) is 0 Å². The van der Waals surface area contributed by atoms with E-state index in [0.29, 0.717) is 5.82 Å². The van der Waals surface area contributed by atoms with Crippen molar-refractivity contribution in [2.24, 2.45) is 0 Å². The van der Waals surface area contributed by atoms with Crippen molar-refractivity contribution < 1.29 is 0 Å². The molecule has 1 aromatic heterocycles. The first-order chi connectivity index (χ1) is 28.0. The lowest BCUT2D eigenvalue weighted by molar-refractivity contribution is 0.660. The van der Waals surface area contributed by atoms with E-state index in [9.17, 15) is 0 Å². The lowest BCUT2D eigenvalue weighted by atomic mass is 9.82. The summed E-state index contributed by atoms with van der Waals surface area (Å²) < 4.78 is 0. The molecule has 0 bridgehead atoms. The Labute approximate surface area is 332 Å². The number of hydrogen-bond acceptors (Lipinski definition) is 2. The molecule has 0 N–H and O–H groups in total. The van der Waals surface area contributed by atoms with Gasteiger partial charge in [-0.1, -0.05) is 184 Å². The molecule has 0 fully saturated rings. The molecule has 10 aromatic rings. The van der Waals surface area contributed by atoms with Crippen LogP contribution >= 0.6 is 0 Å². The third kappa shape index (κ3) is 5.48. The van der Waals surface area contributed by atoms with Crippen molar-refractivity contribution in [1.82, 2.24) is 9.97 Å². The van der Waals surface area contributed by atoms with Crippen LogP contribution in [0.1, 0.15) is 25.0 Å². The molecule has 0 atom stereocenters. The summed E-state index contributed by atoms with van der Waals surface area (Å²) in [5.41, 5.74) is 14.8. The molecule has 0 saturated carbocycles. The number of rotatable bonds is 5. The molecule has 2 nitrogen and oxygen atoms in total. The van der Waals surface area contributed by atoms with Gasteiger partial charge in [-0.25, -0.2) is 9.97 Å². The first-order valence-electron chi connectivity index (χ1n) is 19.7. The second-order valence-electron chi connectivity index (χ2n) is 15.8. The lowest BCUT2D eigenvalue weighted by Crippen LogP contribution is -2.14. The van der Waals surface area contributed by atoms with Gasteiger partial charge in [0, 0.05) is 22.1 Å². The van der Waals surface area contributed by atoms with E-state index < -0.39 is 0 Å². The Morgan fingerprint density at radius 2 is 0.772 bits per heavy atom. The van der Waals surface area contributed by atoms with Gasteiger partial charge in [0.2, 0.25) is 0 Å². The lowest BCUT2D eigenvalue weighted by Gasteiger charge is -2.22. The maximum absolute atomic E-state index is 5.36. The zero-order valence-corrected chi connectivity index (χ0v) is 31.9. The van der Waals surface area contributed by atoms with E-state index in [1.165, 1.54) is 65.7 Å². The predicted molar refractivity (Wildman–Crippen MR) is 239 cm³/mol. The second kappa shape index (κ2) is 13.0. The van der Waals surface area contributed by atoms with Gasteiger partial charge in [-0.15, -0.1) is 0 Å². The molecule has 1 aliphatic rings. The summed E-state index contributed by atoms with van der Waals surface area (Å²) in [7, 11) is 0. The van der Waals surface area contributed by atoms with Crippen molar-refractivity contribution in [3.8, 4) is 67.3 Å². The van der Waals surface area contributed by atoms with Crippen molar-refractivity contribution in [3.63, 3.8) is 0 Å². The Hall–Kier alpha value is -7.16. The summed E-state index contributed by atoms with van der Waals surface area (Å²) in [5, 5.41) is 7.51. The first kappa shape index (κ1) is 33.2. The quantitative estimate of drug-likeness (QED) is 0.165. The largest absolute Gasteiger partial charge is 0.228 e. The molecule has 268 valence electrons. The molecule has 0 amide bonds. The van der Waals surface area contributed by atoms with Gasteiger partial charge in [-0.3, -0.25) is 0 Å². The van der Waals surface area contributed by atoms with Gasteiger partial charge in [0.1, 0.15) is 0 Å². The van der Waals surface area contributed by atoms with Crippen LogP contribution in [0.3, 0.4) is 0 Å². The molecular weight excluding hydrogens is 689 g/mol. The molecule has 57 heavy (non-hydrogen) atoms. The Morgan fingerprint density at radius 1 is 0.298 bits per heavy atom. The van der Waals surface area contributed by atoms with E-state index in [1.807, 2.05) is 0 Å². The normalized spacial score (nSPS) is 12.9. The summed E-state index contributed by atoms with van der Waals surface area (Å²) >= 11 is 0. The fourth-order valence-corrected chi connectivity index (χ4v) is 9.13. The highest BCUT2D eigenvalue weighted by molar-refractivity contribution is 6.25. The van der Waals surface area contributed by atoms with Gasteiger partial charge in [-0.2, -0.15) is 0 Å². The van der Waals surface area contributed by atoms with Crippen LogP contribution < -0.4 is 0 Å². The van der Waals surface area contributed by atoms with E-state index in [1.54, 1.807) is 0 Å². The number of aromatic nitrogens is 2. The molecular formula is C55H38N2. The van der Waals surface area contributed by atoms with Crippen LogP contribution in [-0.4, -0.2) is 9.97 Å². The molecule has 11 rings (SSSR count). The van der Waals surface area contributed by atoms with E-state index in [2.05, 4.69) is 208 Å². The molecule has 0 unspecified atom stereocenters. The Bertz CT molecular complexity index is 3160. The number of benzene rings is 9. The van der Waals surface area contributed by atoms with Crippen LogP contribution in [0, 0.1) is 0 Å². The number of hydrogen-bond donors (Lipinski definition) is 0. The van der Waals surface area contributed by atoms with Gasteiger partial charge < -0.3 is 0 Å². The average Bonchev–Trinajstić information content (AvgIpc) is 3.51. The minimum Gasteiger partial charge on any atom is -0.228 e. The molecule has 0 aliphatic heterocycles. The van der Waals surface area contributed by atoms with E-state index in [-0.39, 0.29) is 5.41 Å². The zero-order chi connectivity index (χ0) is 38.1. The van der Waals surface area contributed by atoms with Gasteiger partial charge in [0.05, 0.1) is 11.4 Å². The third-order valence-electron chi connectivity index (χ3n) is 12.1. The van der Waals surface area contributed by atoms with Crippen molar-refractivity contribution in [1.29, 1.82) is 0 Å². The zero-order valence-electron chi connectivity index (χ0n) is 31.9. The number of nitrogens with zero attached hydrogens (tertiary/aromatic N) is 2. The Kier molecular flexibility index (Phi) is 7.55. The summed E-state index contributed by atoms with van der Waals surface area (Å²) in [6.45, 7) is 4.67. The maximum Gasteiger partial charge on any atom is 0.160 e. The minimum atomic E-state index is -0.118. The highest BCUT2D eigenvalue weighted by atomic mass is 14.9. The second-order valence-corrected chi connectivity index (χ2v) is 15.8. The fourth-order valence-electron chi connectivity index (χ4n) is 9.13. The SMILES string of the molecule is CC1(C)c2ccccc2-c2ccc(-c3cc(-c4ccc5c6ccccc6c6ccccc6c5c4)nc(-c4cccc(-c5ccc(-c6ccccc6)cc5)c4)n3)cc21. The van der Waals surface area contributed by atoms with Crippen molar-refractivity contribution in [2.45, 2.75) is 19.3 Å². The van der Waals surface area contributed by atoms with E-state index >= 15 is 0 Å². The third-order valence-corrected chi connectivity index (χ3v) is 12.1. The van der Waals surface area contributed by atoms with E-state index in [0.717, 1.165) is 39.2 Å². The minimum absolute atomic E-state index is 0.118. The van der Waals surface area contributed by atoms with Crippen molar-refractivity contribution in [3.05, 3.63) is 205 Å². The molecule has 1 aliphatic carbocycles. The molecule has 2 heteroatoms. The monoisotopic (exact) mass is 726 g/mol. The van der Waals surface area contributed by atoms with Crippen LogP contribution in [0.5, 0.6) is 0 Å². The van der Waals surface area contributed by atoms with Crippen molar-refractivity contribution in [2.75, 3.05) is 0 Å². The van der Waals surface area contributed by atoms with E-state index in [4.69, 9.17) is 9.97 Å². The standard InChI is InChI=1S/C55H38N2/c1-55(2)50-22-11-10-21-47(50)48-30-28-40(33-51(48)55)53-34-52(39-27-29-46-44-19-7-6-17-42(44)43-18-8-9-20-45(43)49(46)32-39)56-54(57-53)41-16-12-15-38(31-41)37-25-23-36(24-26-37)35-13-4-3-5-14-35/h3-34H,1-2H3. The van der Waals surface area contributed by atoms with Gasteiger partial charge in [-0.05, 0) is 101 Å². The predicted octanol–water partition coefficient (Wildman–Crippen LogP) is 14.6. The summed E-state index contributed by atoms with van der Waals surface area (Å²) in [6, 6.07) is 70.2. The molecule has 0 spiro atoms. The van der Waals surface area contributed by atoms with Crippen molar-refractivity contribution >= 4 is 32.3 Å². The highest BCUT2D eigenvalue weighted by Crippen LogP contribution is 2.49. The van der Waals surface area contributed by atoms with Gasteiger partial charge >= 0.3 is 0 Å². The number of fused-ring (bicyclic) bond motifs is 9. The van der Waals surface area contributed by atoms with Crippen LogP contribution in [-0.2, 0) is 5.41 Å².